The molecule has 0 aromatic rings. The van der Waals surface area contributed by atoms with Crippen LogP contribution in [0.3, 0.4) is 0 Å². The van der Waals surface area contributed by atoms with Crippen molar-refractivity contribution in [3.63, 3.8) is 0 Å². The van der Waals surface area contributed by atoms with Crippen molar-refractivity contribution >= 4 is 17.3 Å². The second-order valence-corrected chi connectivity index (χ2v) is 7.77. The number of aliphatic hydroxyl groups excluding tert-OH is 1. The Labute approximate surface area is 189 Å². The van der Waals surface area contributed by atoms with E-state index in [1.54, 1.807) is 0 Å². The zero-order valence-electron chi connectivity index (χ0n) is 19.2. The van der Waals surface area contributed by atoms with E-state index in [0.29, 0.717) is 0 Å². The number of hydrogen-bond acceptors (Lipinski definition) is 4. The number of hydrogen-bond donors (Lipinski definition) is 1. The Balaban J connectivity index is -0.000000155. The van der Waals surface area contributed by atoms with Crippen molar-refractivity contribution < 1.29 is 41.2 Å². The number of unbranched alkanes of at least 4 members (excludes halogenated alkanes) is 4. The zero-order chi connectivity index (χ0) is 21.8. The molecule has 0 bridgehead atoms. The monoisotopic (exact) mass is 432 g/mol. The molecule has 1 N–H and O–H groups in total. The van der Waals surface area contributed by atoms with Crippen LogP contribution in [0, 0.1) is 31.6 Å². The zero-order valence-corrected chi connectivity index (χ0v) is 20.7. The molecule has 5 heteroatoms. The van der Waals surface area contributed by atoms with Crippen LogP contribution in [-0.2, 0) is 36.1 Å². The van der Waals surface area contributed by atoms with Crippen molar-refractivity contribution in [2.24, 2.45) is 17.8 Å². The standard InChI is InChI=1S/2C8H17.C7H10O4.Ti/c2*1-4-5-6-7-8(2)3;1-4(9)7(5(2)10)6(11)3-8;/h2*8H,1,4-7H2,2-3H3;7-8H,3H2,1-2H3;/q2*-1;;+2. The summed E-state index contributed by atoms with van der Waals surface area (Å²) in [6.45, 7) is 18.2. The average Bonchev–Trinajstić information content (AvgIpc) is 2.55. The molecule has 0 rings (SSSR count). The molecule has 0 aliphatic heterocycles. The number of carbonyl (C=O) groups is 3. The van der Waals surface area contributed by atoms with Gasteiger partial charge in [0.25, 0.3) is 0 Å². The fourth-order valence-corrected chi connectivity index (χ4v) is 2.29. The largest absolute Gasteiger partial charge is 2.00 e. The third-order valence-electron chi connectivity index (χ3n) is 3.85. The van der Waals surface area contributed by atoms with Crippen LogP contribution in [0.5, 0.6) is 0 Å². The van der Waals surface area contributed by atoms with Gasteiger partial charge in [0.2, 0.25) is 0 Å². The van der Waals surface area contributed by atoms with E-state index in [2.05, 4.69) is 41.5 Å². The van der Waals surface area contributed by atoms with Crippen LogP contribution in [0.25, 0.3) is 0 Å². The smallest absolute Gasteiger partial charge is 0.389 e. The van der Waals surface area contributed by atoms with E-state index in [1.807, 2.05) is 0 Å². The average molecular weight is 432 g/mol. The quantitative estimate of drug-likeness (QED) is 0.194. The third-order valence-corrected chi connectivity index (χ3v) is 3.85. The van der Waals surface area contributed by atoms with E-state index in [-0.39, 0.29) is 21.7 Å². The predicted octanol–water partition coefficient (Wildman–Crippen LogP) is 5.41. The van der Waals surface area contributed by atoms with Crippen molar-refractivity contribution in [3.8, 4) is 0 Å². The Hall–Kier alpha value is -0.316. The van der Waals surface area contributed by atoms with Crippen LogP contribution in [-0.4, -0.2) is 29.1 Å². The Kier molecular flexibility index (Phi) is 31.0. The van der Waals surface area contributed by atoms with E-state index >= 15 is 0 Å². The normalized spacial score (nSPS) is 9.86. The number of Topliss-reactive ketones (excluding diaryl/α,β-unsaturated/α-hetero) is 3. The minimum Gasteiger partial charge on any atom is -0.389 e. The predicted molar refractivity (Wildman–Crippen MR) is 114 cm³/mol. The molecule has 0 atom stereocenters. The van der Waals surface area contributed by atoms with Crippen molar-refractivity contribution in [2.75, 3.05) is 6.61 Å². The van der Waals surface area contributed by atoms with Crippen molar-refractivity contribution in [3.05, 3.63) is 13.8 Å². The van der Waals surface area contributed by atoms with Gasteiger partial charge in [-0.05, 0) is 25.7 Å². The van der Waals surface area contributed by atoms with E-state index in [0.717, 1.165) is 38.5 Å². The fraction of sp³-hybridized carbons (Fsp3) is 0.783. The first-order valence-electron chi connectivity index (χ1n) is 10.3. The molecule has 4 nitrogen and oxygen atoms in total. The van der Waals surface area contributed by atoms with Gasteiger partial charge in [-0.3, -0.25) is 14.4 Å². The molecule has 28 heavy (non-hydrogen) atoms. The molecule has 0 saturated heterocycles. The first-order chi connectivity index (χ1) is 12.5. The van der Waals surface area contributed by atoms with Crippen LogP contribution in [0.4, 0.5) is 0 Å². The first kappa shape index (κ1) is 35.1. The van der Waals surface area contributed by atoms with Gasteiger partial charge in [0, 0.05) is 0 Å². The summed E-state index contributed by atoms with van der Waals surface area (Å²) in [6.07, 6.45) is 10.3. The summed E-state index contributed by atoms with van der Waals surface area (Å²) in [4.78, 5) is 32.0. The first-order valence-corrected chi connectivity index (χ1v) is 10.3. The molecule has 164 valence electrons. The number of aliphatic hydroxyl groups is 1. The Bertz CT molecular complexity index is 351. The summed E-state index contributed by atoms with van der Waals surface area (Å²) >= 11 is 0. The van der Waals surface area contributed by atoms with Crippen LogP contribution in [0.2, 0.25) is 0 Å². The van der Waals surface area contributed by atoms with Crippen LogP contribution in [0.15, 0.2) is 0 Å². The summed E-state index contributed by atoms with van der Waals surface area (Å²) in [5.41, 5.74) is 0. The van der Waals surface area contributed by atoms with Crippen LogP contribution >= 0.6 is 0 Å². The SMILES string of the molecule is CC(=O)C(C(C)=O)C(=O)CO.[CH2-]CCCCC(C)C.[CH2-]CCCCC(C)C.[Ti+2]. The van der Waals surface area contributed by atoms with Gasteiger partial charge in [0.15, 0.2) is 5.78 Å². The minimum atomic E-state index is -1.26. The second-order valence-electron chi connectivity index (χ2n) is 7.77. The van der Waals surface area contributed by atoms with Gasteiger partial charge in [-0.15, -0.1) is 0 Å². The maximum Gasteiger partial charge on any atom is 2.00 e. The molecule has 0 aromatic heterocycles. The Morgan fingerprint density at radius 1 is 0.750 bits per heavy atom. The maximum absolute atomic E-state index is 10.7. The summed E-state index contributed by atoms with van der Waals surface area (Å²) < 4.78 is 0. The van der Waals surface area contributed by atoms with Crippen molar-refractivity contribution in [1.82, 2.24) is 0 Å². The third kappa shape index (κ3) is 27.9. The Morgan fingerprint density at radius 2 is 1.07 bits per heavy atom. The second kappa shape index (κ2) is 24.7. The molecular formula is C23H44O4Ti. The number of ketones is 3. The maximum atomic E-state index is 10.7. The number of rotatable bonds is 12. The Morgan fingerprint density at radius 3 is 1.21 bits per heavy atom. The molecule has 0 heterocycles. The summed E-state index contributed by atoms with van der Waals surface area (Å²) in [5.74, 6) is -1.28. The van der Waals surface area contributed by atoms with E-state index in [4.69, 9.17) is 5.11 Å². The number of carbonyl (C=O) groups excluding carboxylic acids is 3. The molecule has 0 aliphatic carbocycles. The van der Waals surface area contributed by atoms with Gasteiger partial charge >= 0.3 is 21.7 Å². The molecular weight excluding hydrogens is 388 g/mol. The fourth-order valence-electron chi connectivity index (χ4n) is 2.29. The van der Waals surface area contributed by atoms with Crippen molar-refractivity contribution in [1.29, 1.82) is 0 Å². The van der Waals surface area contributed by atoms with Gasteiger partial charge < -0.3 is 19.0 Å². The van der Waals surface area contributed by atoms with Gasteiger partial charge in [0.05, 0.1) is 0 Å². The van der Waals surface area contributed by atoms with Crippen molar-refractivity contribution in [2.45, 2.75) is 92.9 Å². The summed E-state index contributed by atoms with van der Waals surface area (Å²) in [7, 11) is 0. The molecule has 0 radical (unpaired) electrons. The molecule has 0 saturated carbocycles. The summed E-state index contributed by atoms with van der Waals surface area (Å²) in [5, 5.41) is 8.35. The molecule has 0 aromatic carbocycles. The van der Waals surface area contributed by atoms with Gasteiger partial charge in [-0.2, -0.15) is 12.8 Å². The molecule has 0 fully saturated rings. The summed E-state index contributed by atoms with van der Waals surface area (Å²) in [6, 6.07) is 0. The van der Waals surface area contributed by atoms with Crippen LogP contribution in [0.1, 0.15) is 92.9 Å². The minimum absolute atomic E-state index is 0. The van der Waals surface area contributed by atoms with E-state index in [1.165, 1.54) is 38.5 Å². The molecule has 0 unspecified atom stereocenters. The topological polar surface area (TPSA) is 71.4 Å². The molecule has 0 amide bonds. The van der Waals surface area contributed by atoms with Gasteiger partial charge in [-0.25, -0.2) is 0 Å². The van der Waals surface area contributed by atoms with Gasteiger partial charge in [0.1, 0.15) is 24.1 Å². The molecule has 0 aliphatic rings. The van der Waals surface area contributed by atoms with E-state index < -0.39 is 29.9 Å². The van der Waals surface area contributed by atoms with Gasteiger partial charge in [-0.1, -0.05) is 66.2 Å². The van der Waals surface area contributed by atoms with Crippen LogP contribution < -0.4 is 0 Å². The molecule has 0 spiro atoms. The van der Waals surface area contributed by atoms with E-state index in [9.17, 15) is 14.4 Å².